The number of ether oxygens (including phenoxy) is 1. The Morgan fingerprint density at radius 2 is 1.96 bits per heavy atom. The Morgan fingerprint density at radius 1 is 1.31 bits per heavy atom. The van der Waals surface area contributed by atoms with Crippen molar-refractivity contribution in [3.63, 3.8) is 0 Å². The molecule has 1 N–H and O–H groups in total. The minimum absolute atomic E-state index is 0.101. The number of nitrogens with zero attached hydrogens (tertiary/aromatic N) is 1. The first-order chi connectivity index (χ1) is 12.2. The third-order valence-corrected chi connectivity index (χ3v) is 6.23. The van der Waals surface area contributed by atoms with Gasteiger partial charge >= 0.3 is 0 Å². The summed E-state index contributed by atoms with van der Waals surface area (Å²) in [5.74, 6) is 0.524. The van der Waals surface area contributed by atoms with Crippen LogP contribution >= 0.6 is 0 Å². The highest BCUT2D eigenvalue weighted by Crippen LogP contribution is 2.48. The van der Waals surface area contributed by atoms with E-state index in [1.807, 2.05) is 51.1 Å². The summed E-state index contributed by atoms with van der Waals surface area (Å²) >= 11 is 0. The molecule has 4 nitrogen and oxygen atoms in total. The van der Waals surface area contributed by atoms with Crippen LogP contribution in [-0.2, 0) is 9.53 Å². The minimum atomic E-state index is -0.778. The second-order valence-electron chi connectivity index (χ2n) is 8.23. The van der Waals surface area contributed by atoms with E-state index < -0.39 is 11.6 Å². The Balaban J connectivity index is 1.94. The zero-order valence-corrected chi connectivity index (χ0v) is 16.2. The summed E-state index contributed by atoms with van der Waals surface area (Å²) in [7, 11) is 0. The molecule has 2 aliphatic rings. The lowest BCUT2D eigenvalue weighted by atomic mass is 9.71. The number of carbonyl (C=O) groups is 1. The molecule has 4 heteroatoms. The summed E-state index contributed by atoms with van der Waals surface area (Å²) in [4.78, 5) is 15.0. The SMILES string of the molecule is C=C1CCCC1(C)C(O)C(C)(C)N1COC(C)=C(c2ccccc2)C1=O. The highest BCUT2D eigenvalue weighted by molar-refractivity contribution is 6.20. The fourth-order valence-corrected chi connectivity index (χ4v) is 4.33. The van der Waals surface area contributed by atoms with E-state index in [2.05, 4.69) is 13.5 Å². The molecule has 1 heterocycles. The molecule has 2 atom stereocenters. The highest BCUT2D eigenvalue weighted by Gasteiger charge is 2.51. The molecule has 1 fully saturated rings. The zero-order chi connectivity index (χ0) is 19.1. The van der Waals surface area contributed by atoms with Crippen molar-refractivity contribution < 1.29 is 14.6 Å². The second-order valence-corrected chi connectivity index (χ2v) is 8.23. The number of aliphatic hydroxyl groups excluding tert-OH is 1. The highest BCUT2D eigenvalue weighted by atomic mass is 16.5. The molecule has 0 spiro atoms. The van der Waals surface area contributed by atoms with Crippen LogP contribution < -0.4 is 0 Å². The fraction of sp³-hybridized carbons (Fsp3) is 0.500. The van der Waals surface area contributed by atoms with Gasteiger partial charge in [-0.25, -0.2) is 0 Å². The number of aliphatic hydroxyl groups is 1. The van der Waals surface area contributed by atoms with Gasteiger partial charge in [-0.2, -0.15) is 0 Å². The molecule has 1 amide bonds. The van der Waals surface area contributed by atoms with Gasteiger partial charge in [0.1, 0.15) is 5.76 Å². The lowest BCUT2D eigenvalue weighted by Gasteiger charge is -2.49. The summed E-state index contributed by atoms with van der Waals surface area (Å²) in [5.41, 5.74) is 1.31. The quantitative estimate of drug-likeness (QED) is 0.827. The molecule has 2 unspecified atom stereocenters. The van der Waals surface area contributed by atoms with Crippen molar-refractivity contribution in [2.75, 3.05) is 6.73 Å². The van der Waals surface area contributed by atoms with Gasteiger partial charge in [0.05, 0.1) is 17.2 Å². The molecule has 0 saturated heterocycles. The average molecular weight is 355 g/mol. The van der Waals surface area contributed by atoms with Crippen LogP contribution in [0.3, 0.4) is 0 Å². The van der Waals surface area contributed by atoms with Crippen molar-refractivity contribution in [2.24, 2.45) is 5.41 Å². The van der Waals surface area contributed by atoms with E-state index in [9.17, 15) is 9.90 Å². The fourth-order valence-electron chi connectivity index (χ4n) is 4.33. The van der Waals surface area contributed by atoms with E-state index in [0.717, 1.165) is 30.4 Å². The second kappa shape index (κ2) is 6.58. The third kappa shape index (κ3) is 2.86. The van der Waals surface area contributed by atoms with Crippen molar-refractivity contribution in [1.82, 2.24) is 4.90 Å². The Morgan fingerprint density at radius 3 is 2.54 bits per heavy atom. The molecule has 1 saturated carbocycles. The van der Waals surface area contributed by atoms with E-state index in [0.29, 0.717) is 11.3 Å². The van der Waals surface area contributed by atoms with Crippen molar-refractivity contribution in [1.29, 1.82) is 0 Å². The van der Waals surface area contributed by atoms with Crippen LogP contribution in [0.15, 0.2) is 48.2 Å². The van der Waals surface area contributed by atoms with Crippen LogP contribution in [0.1, 0.15) is 52.5 Å². The van der Waals surface area contributed by atoms with Crippen LogP contribution in [0.25, 0.3) is 5.57 Å². The minimum Gasteiger partial charge on any atom is -0.477 e. The molecular formula is C22H29NO3. The summed E-state index contributed by atoms with van der Waals surface area (Å²) in [6, 6.07) is 9.56. The van der Waals surface area contributed by atoms with E-state index in [1.54, 1.807) is 4.90 Å². The third-order valence-electron chi connectivity index (χ3n) is 6.23. The van der Waals surface area contributed by atoms with Crippen LogP contribution in [-0.4, -0.2) is 34.3 Å². The van der Waals surface area contributed by atoms with Gasteiger partial charge in [-0.3, -0.25) is 9.69 Å². The topological polar surface area (TPSA) is 49.8 Å². The zero-order valence-electron chi connectivity index (χ0n) is 16.2. The van der Waals surface area contributed by atoms with Crippen molar-refractivity contribution in [2.45, 2.75) is 58.6 Å². The van der Waals surface area contributed by atoms with Crippen molar-refractivity contribution in [3.8, 4) is 0 Å². The molecule has 3 rings (SSSR count). The summed E-state index contributed by atoms with van der Waals surface area (Å²) in [5, 5.41) is 11.3. The van der Waals surface area contributed by atoms with Gasteiger partial charge < -0.3 is 9.84 Å². The van der Waals surface area contributed by atoms with Gasteiger partial charge in [0.2, 0.25) is 0 Å². The van der Waals surface area contributed by atoms with Gasteiger partial charge in [0.15, 0.2) is 6.73 Å². The molecule has 1 aliphatic heterocycles. The van der Waals surface area contributed by atoms with Crippen LogP contribution in [0.4, 0.5) is 0 Å². The molecular weight excluding hydrogens is 326 g/mol. The maximum absolute atomic E-state index is 13.3. The molecule has 1 aliphatic carbocycles. The Kier molecular flexibility index (Phi) is 4.74. The Bertz CT molecular complexity index is 750. The summed E-state index contributed by atoms with van der Waals surface area (Å²) in [6.45, 7) is 12.0. The van der Waals surface area contributed by atoms with Crippen molar-refractivity contribution in [3.05, 3.63) is 53.8 Å². The lowest BCUT2D eigenvalue weighted by Crippen LogP contribution is -2.61. The average Bonchev–Trinajstić information content (AvgIpc) is 2.95. The normalized spacial score (nSPS) is 25.5. The molecule has 26 heavy (non-hydrogen) atoms. The standard InChI is InChI=1S/C22H29NO3/c1-15-10-9-13-22(15,5)20(25)21(3,4)23-14-26-16(2)18(19(23)24)17-11-7-6-8-12-17/h6-8,11-12,20,25H,1,9-10,13-14H2,2-5H3. The number of benzene rings is 1. The van der Waals surface area contributed by atoms with E-state index in [-0.39, 0.29) is 18.1 Å². The monoisotopic (exact) mass is 355 g/mol. The Labute approximate surface area is 156 Å². The molecule has 0 radical (unpaired) electrons. The van der Waals surface area contributed by atoms with E-state index in [1.165, 1.54) is 0 Å². The number of hydrogen-bond donors (Lipinski definition) is 1. The van der Waals surface area contributed by atoms with E-state index in [4.69, 9.17) is 4.74 Å². The first-order valence-corrected chi connectivity index (χ1v) is 9.27. The number of allylic oxidation sites excluding steroid dienone is 1. The van der Waals surface area contributed by atoms with Crippen molar-refractivity contribution >= 4 is 11.5 Å². The summed E-state index contributed by atoms with van der Waals surface area (Å²) < 4.78 is 5.84. The number of hydrogen-bond acceptors (Lipinski definition) is 3. The Hall–Kier alpha value is -2.07. The van der Waals surface area contributed by atoms with E-state index >= 15 is 0 Å². The first kappa shape index (κ1) is 18.7. The van der Waals surface area contributed by atoms with Crippen LogP contribution in [0.5, 0.6) is 0 Å². The molecule has 1 aromatic carbocycles. The maximum Gasteiger partial charge on any atom is 0.261 e. The molecule has 0 aromatic heterocycles. The molecule has 1 aromatic rings. The van der Waals surface area contributed by atoms with Crippen LogP contribution in [0, 0.1) is 5.41 Å². The van der Waals surface area contributed by atoms with Gasteiger partial charge in [0.25, 0.3) is 5.91 Å². The largest absolute Gasteiger partial charge is 0.477 e. The van der Waals surface area contributed by atoms with Gasteiger partial charge in [-0.15, -0.1) is 0 Å². The molecule has 140 valence electrons. The first-order valence-electron chi connectivity index (χ1n) is 9.27. The lowest BCUT2D eigenvalue weighted by molar-refractivity contribution is -0.151. The number of rotatable bonds is 4. The molecule has 0 bridgehead atoms. The van der Waals surface area contributed by atoms with Gasteiger partial charge in [-0.1, -0.05) is 49.4 Å². The predicted molar refractivity (Wildman–Crippen MR) is 103 cm³/mol. The number of carbonyl (C=O) groups excluding carboxylic acids is 1. The van der Waals surface area contributed by atoms with Crippen LogP contribution in [0.2, 0.25) is 0 Å². The maximum atomic E-state index is 13.3. The summed E-state index contributed by atoms with van der Waals surface area (Å²) in [6.07, 6.45) is 2.14. The van der Waals surface area contributed by atoms with Gasteiger partial charge in [-0.05, 0) is 45.6 Å². The van der Waals surface area contributed by atoms with Gasteiger partial charge in [0, 0.05) is 5.41 Å². The predicted octanol–water partition coefficient (Wildman–Crippen LogP) is 4.12. The smallest absolute Gasteiger partial charge is 0.261 e. The number of amides is 1.